The van der Waals surface area contributed by atoms with E-state index >= 15 is 0 Å². The highest BCUT2D eigenvalue weighted by Gasteiger charge is 2.19. The minimum atomic E-state index is 0.853. The first-order valence-corrected chi connectivity index (χ1v) is 17.4. The molecule has 4 heteroatoms. The fourth-order valence-electron chi connectivity index (χ4n) is 7.43. The van der Waals surface area contributed by atoms with E-state index in [0.717, 1.165) is 11.8 Å². The van der Waals surface area contributed by atoms with Gasteiger partial charge in [0.15, 0.2) is 0 Å². The zero-order valence-corrected chi connectivity index (χ0v) is 26.1. The molecule has 4 heterocycles. The summed E-state index contributed by atoms with van der Waals surface area (Å²) in [4.78, 5) is 5.15. The van der Waals surface area contributed by atoms with Gasteiger partial charge in [-0.1, -0.05) is 26.0 Å². The van der Waals surface area contributed by atoms with E-state index in [2.05, 4.69) is 96.4 Å². The Balaban J connectivity index is 1.13. The molecule has 2 fully saturated rings. The average Bonchev–Trinajstić information content (AvgIpc) is 3.53. The molecule has 0 bridgehead atoms. The molecule has 7 aromatic rings. The van der Waals surface area contributed by atoms with E-state index in [-0.39, 0.29) is 0 Å². The number of thiophene rings is 2. The zero-order valence-electron chi connectivity index (χ0n) is 24.5. The monoisotopic (exact) mass is 584 g/mol. The highest BCUT2D eigenvalue weighted by molar-refractivity contribution is 7.27. The topological polar surface area (TPSA) is 6.48 Å². The van der Waals surface area contributed by atoms with Gasteiger partial charge < -0.3 is 9.80 Å². The van der Waals surface area contributed by atoms with E-state index in [1.807, 2.05) is 22.7 Å². The van der Waals surface area contributed by atoms with Gasteiger partial charge in [0.25, 0.3) is 0 Å². The van der Waals surface area contributed by atoms with Gasteiger partial charge in [0.2, 0.25) is 0 Å². The summed E-state index contributed by atoms with van der Waals surface area (Å²) in [6.07, 6.45) is 5.20. The largest absolute Gasteiger partial charge is 0.371 e. The van der Waals surface area contributed by atoms with Crippen LogP contribution in [-0.2, 0) is 0 Å². The first-order valence-electron chi connectivity index (χ1n) is 15.8. The number of nitrogens with zero attached hydrogens (tertiary/aromatic N) is 2. The summed E-state index contributed by atoms with van der Waals surface area (Å²) in [5, 5.41) is 11.0. The highest BCUT2D eigenvalue weighted by atomic mass is 32.1. The SMILES string of the molecule is CC1CCN(c2ccc3cc4c(cc3c2)sc2cc3c(cc24)sc2cc4cc(N5CCC(C)CC5)ccc4cc23)CC1. The Labute approximate surface area is 255 Å². The van der Waals surface area contributed by atoms with E-state index in [4.69, 9.17) is 0 Å². The van der Waals surface area contributed by atoms with Crippen molar-refractivity contribution in [1.82, 2.24) is 0 Å². The van der Waals surface area contributed by atoms with E-state index in [1.165, 1.54) is 125 Å². The Morgan fingerprint density at radius 1 is 0.452 bits per heavy atom. The van der Waals surface area contributed by atoms with Crippen LogP contribution in [0.4, 0.5) is 11.4 Å². The summed E-state index contributed by atoms with van der Waals surface area (Å²) in [7, 11) is 0. The molecule has 2 saturated heterocycles. The zero-order chi connectivity index (χ0) is 27.9. The van der Waals surface area contributed by atoms with Crippen molar-refractivity contribution in [1.29, 1.82) is 0 Å². The number of piperidine rings is 2. The molecule has 42 heavy (non-hydrogen) atoms. The first kappa shape index (κ1) is 25.2. The van der Waals surface area contributed by atoms with Crippen molar-refractivity contribution in [3.05, 3.63) is 72.8 Å². The molecule has 0 radical (unpaired) electrons. The van der Waals surface area contributed by atoms with Crippen LogP contribution in [0, 0.1) is 11.8 Å². The lowest BCUT2D eigenvalue weighted by Gasteiger charge is -2.32. The van der Waals surface area contributed by atoms with Gasteiger partial charge in [0, 0.05) is 77.9 Å². The third kappa shape index (κ3) is 4.10. The van der Waals surface area contributed by atoms with Gasteiger partial charge in [-0.2, -0.15) is 0 Å². The number of hydrogen-bond acceptors (Lipinski definition) is 4. The molecule has 0 spiro atoms. The summed E-state index contributed by atoms with van der Waals surface area (Å²) in [5.41, 5.74) is 2.76. The molecule has 2 aliphatic heterocycles. The van der Waals surface area contributed by atoms with Crippen molar-refractivity contribution in [3.63, 3.8) is 0 Å². The first-order chi connectivity index (χ1) is 20.6. The summed E-state index contributed by atoms with van der Waals surface area (Å²) in [5.74, 6) is 1.71. The van der Waals surface area contributed by atoms with Crippen LogP contribution in [0.1, 0.15) is 39.5 Å². The lowest BCUT2D eigenvalue weighted by Crippen LogP contribution is -2.32. The average molecular weight is 585 g/mol. The molecule has 0 saturated carbocycles. The summed E-state index contributed by atoms with van der Waals surface area (Å²) in [6.45, 7) is 9.48. The van der Waals surface area contributed by atoms with Crippen molar-refractivity contribution in [2.24, 2.45) is 11.8 Å². The molecule has 5 aromatic carbocycles. The van der Waals surface area contributed by atoms with Gasteiger partial charge in [-0.05, 0) is 120 Å². The predicted molar refractivity (Wildman–Crippen MR) is 188 cm³/mol. The maximum atomic E-state index is 2.58. The second-order valence-electron chi connectivity index (χ2n) is 13.1. The van der Waals surface area contributed by atoms with Crippen LogP contribution in [0.25, 0.3) is 61.9 Å². The van der Waals surface area contributed by atoms with E-state index in [9.17, 15) is 0 Å². The van der Waals surface area contributed by atoms with Gasteiger partial charge in [0.1, 0.15) is 0 Å². The van der Waals surface area contributed by atoms with Crippen LogP contribution in [0.15, 0.2) is 72.8 Å². The number of anilines is 2. The molecule has 0 aliphatic carbocycles. The molecule has 2 aromatic heterocycles. The van der Waals surface area contributed by atoms with Crippen LogP contribution in [0.5, 0.6) is 0 Å². The molecule has 0 unspecified atom stereocenters. The minimum absolute atomic E-state index is 0.853. The number of fused-ring (bicyclic) bond motifs is 8. The standard InChI is InChI=1S/C38H36N2S2/c1-23-7-11-39(12-8-23)29-5-3-25-17-31-33-21-38-34(22-37(33)41-35(31)19-27(25)15-29)32-18-26-4-6-30(16-28(26)20-36(32)42-38)40-13-9-24(2)10-14-40/h3-6,15-24H,7-14H2,1-2H3. The van der Waals surface area contributed by atoms with Crippen LogP contribution in [-0.4, -0.2) is 26.2 Å². The molecule has 2 aliphatic rings. The Bertz CT molecular complexity index is 2000. The molecule has 9 rings (SSSR count). The molecule has 210 valence electrons. The Kier molecular flexibility index (Phi) is 5.75. The lowest BCUT2D eigenvalue weighted by atomic mass is 9.98. The number of rotatable bonds is 2. The molecular formula is C38H36N2S2. The fourth-order valence-corrected chi connectivity index (χ4v) is 9.75. The molecule has 0 amide bonds. The van der Waals surface area contributed by atoms with Gasteiger partial charge in [-0.15, -0.1) is 22.7 Å². The van der Waals surface area contributed by atoms with Gasteiger partial charge in [-0.3, -0.25) is 0 Å². The summed E-state index contributed by atoms with van der Waals surface area (Å²) in [6, 6.07) is 28.9. The Hall–Kier alpha value is -3.34. The van der Waals surface area contributed by atoms with E-state index in [0.29, 0.717) is 0 Å². The van der Waals surface area contributed by atoms with Crippen molar-refractivity contribution in [3.8, 4) is 0 Å². The Morgan fingerprint density at radius 2 is 0.833 bits per heavy atom. The predicted octanol–water partition coefficient (Wildman–Crippen LogP) is 11.2. The highest BCUT2D eigenvalue weighted by Crippen LogP contribution is 2.44. The maximum absolute atomic E-state index is 2.58. The third-order valence-corrected chi connectivity index (χ3v) is 12.5. The molecule has 0 N–H and O–H groups in total. The van der Waals surface area contributed by atoms with Crippen molar-refractivity contribution in [2.45, 2.75) is 39.5 Å². The van der Waals surface area contributed by atoms with Crippen LogP contribution in [0.2, 0.25) is 0 Å². The van der Waals surface area contributed by atoms with Crippen molar-refractivity contribution in [2.75, 3.05) is 36.0 Å². The lowest BCUT2D eigenvalue weighted by molar-refractivity contribution is 0.438. The number of hydrogen-bond donors (Lipinski definition) is 0. The van der Waals surface area contributed by atoms with E-state index in [1.54, 1.807) is 0 Å². The molecule has 0 atom stereocenters. The minimum Gasteiger partial charge on any atom is -0.371 e. The van der Waals surface area contributed by atoms with Gasteiger partial charge in [0.05, 0.1) is 0 Å². The van der Waals surface area contributed by atoms with Crippen molar-refractivity contribution < 1.29 is 0 Å². The Morgan fingerprint density at radius 3 is 1.26 bits per heavy atom. The second kappa shape index (κ2) is 9.59. The van der Waals surface area contributed by atoms with E-state index < -0.39 is 0 Å². The smallest absolute Gasteiger partial charge is 0.0372 e. The van der Waals surface area contributed by atoms with Crippen LogP contribution in [0.3, 0.4) is 0 Å². The quantitative estimate of drug-likeness (QED) is 0.199. The maximum Gasteiger partial charge on any atom is 0.0372 e. The van der Waals surface area contributed by atoms with Crippen molar-refractivity contribution >= 4 is 95.9 Å². The summed E-state index contributed by atoms with van der Waals surface area (Å²) < 4.78 is 5.59. The molecular weight excluding hydrogens is 549 g/mol. The third-order valence-electron chi connectivity index (χ3n) is 10.2. The molecule has 2 nitrogen and oxygen atoms in total. The summed E-state index contributed by atoms with van der Waals surface area (Å²) >= 11 is 3.90. The number of benzene rings is 5. The van der Waals surface area contributed by atoms with Crippen LogP contribution < -0.4 is 9.80 Å². The fraction of sp³-hybridized carbons (Fsp3) is 0.316. The normalized spacial score (nSPS) is 17.7. The van der Waals surface area contributed by atoms with Crippen LogP contribution >= 0.6 is 22.7 Å². The second-order valence-corrected chi connectivity index (χ2v) is 15.3. The van der Waals surface area contributed by atoms with Gasteiger partial charge in [-0.25, -0.2) is 0 Å². The van der Waals surface area contributed by atoms with Gasteiger partial charge >= 0.3 is 0 Å².